The number of rotatable bonds is 4. The maximum Gasteiger partial charge on any atom is 0.226 e. The van der Waals surface area contributed by atoms with Gasteiger partial charge in [0.2, 0.25) is 5.91 Å². The molecule has 0 radical (unpaired) electrons. The van der Waals surface area contributed by atoms with Gasteiger partial charge in [-0.1, -0.05) is 30.9 Å². The van der Waals surface area contributed by atoms with E-state index in [9.17, 15) is 4.79 Å². The minimum Gasteiger partial charge on any atom is -0.336 e. The fourth-order valence-electron chi connectivity index (χ4n) is 5.78. The maximum absolute atomic E-state index is 13.5. The number of carbonyl (C=O) groups excluding carboxylic acids is 1. The molecule has 4 aliphatic carbocycles. The number of allylic oxidation sites excluding steroid dienone is 2. The lowest BCUT2D eigenvalue weighted by molar-refractivity contribution is -0.139. The van der Waals surface area contributed by atoms with Crippen LogP contribution < -0.4 is 0 Å². The lowest BCUT2D eigenvalue weighted by Crippen LogP contribution is -2.47. The quantitative estimate of drug-likeness (QED) is 0.793. The number of fused-ring (bicyclic) bond motifs is 1. The third-order valence-electron chi connectivity index (χ3n) is 7.50. The van der Waals surface area contributed by atoms with E-state index >= 15 is 0 Å². The highest BCUT2D eigenvalue weighted by Gasteiger charge is 2.41. The Balaban J connectivity index is 1.26. The van der Waals surface area contributed by atoms with Crippen LogP contribution in [0, 0.1) is 11.8 Å². The summed E-state index contributed by atoms with van der Waals surface area (Å²) >= 11 is 0. The summed E-state index contributed by atoms with van der Waals surface area (Å²) in [6.07, 6.45) is 20.2. The van der Waals surface area contributed by atoms with Crippen LogP contribution in [-0.4, -0.2) is 33.1 Å². The molecule has 0 saturated heterocycles. The van der Waals surface area contributed by atoms with Gasteiger partial charge in [0.1, 0.15) is 0 Å². The first-order chi connectivity index (χ1) is 13.3. The Hall–Kier alpha value is -1.58. The van der Waals surface area contributed by atoms with Gasteiger partial charge in [-0.15, -0.1) is 0 Å². The van der Waals surface area contributed by atoms with Crippen molar-refractivity contribution < 1.29 is 4.79 Å². The molecule has 4 heteroatoms. The number of nitrogens with zero attached hydrogens (tertiary/aromatic N) is 2. The first-order valence-electron chi connectivity index (χ1n) is 11.3. The molecule has 0 aliphatic heterocycles. The number of hydrogen-bond donors (Lipinski definition) is 1. The van der Waals surface area contributed by atoms with Crippen molar-refractivity contribution in [2.24, 2.45) is 11.8 Å². The van der Waals surface area contributed by atoms with E-state index in [1.807, 2.05) is 6.20 Å². The summed E-state index contributed by atoms with van der Waals surface area (Å²) in [4.78, 5) is 15.8. The molecule has 2 atom stereocenters. The second kappa shape index (κ2) is 7.44. The first-order valence-corrected chi connectivity index (χ1v) is 11.3. The van der Waals surface area contributed by atoms with E-state index in [2.05, 4.69) is 21.2 Å². The van der Waals surface area contributed by atoms with E-state index in [1.54, 1.807) is 5.57 Å². The number of H-pyrrole nitrogens is 1. The number of aryl methyl sites for hydroxylation is 1. The van der Waals surface area contributed by atoms with Crippen molar-refractivity contribution in [3.63, 3.8) is 0 Å². The van der Waals surface area contributed by atoms with Crippen LogP contribution in [0.5, 0.6) is 0 Å². The maximum atomic E-state index is 13.5. The fourth-order valence-corrected chi connectivity index (χ4v) is 5.78. The zero-order chi connectivity index (χ0) is 18.2. The average molecular weight is 368 g/mol. The lowest BCUT2D eigenvalue weighted by Gasteiger charge is -2.38. The van der Waals surface area contributed by atoms with E-state index in [0.717, 1.165) is 44.4 Å². The summed E-state index contributed by atoms with van der Waals surface area (Å²) in [5.74, 6) is 1.50. The Labute approximate surface area is 162 Å². The van der Waals surface area contributed by atoms with Gasteiger partial charge in [0.25, 0.3) is 0 Å². The van der Waals surface area contributed by atoms with Crippen molar-refractivity contribution >= 4 is 5.91 Å². The molecule has 27 heavy (non-hydrogen) atoms. The van der Waals surface area contributed by atoms with Gasteiger partial charge < -0.3 is 4.90 Å². The normalized spacial score (nSPS) is 29.1. The predicted octanol–water partition coefficient (Wildman–Crippen LogP) is 4.56. The van der Waals surface area contributed by atoms with Crippen LogP contribution in [0.1, 0.15) is 81.9 Å². The number of aromatic amines is 1. The molecule has 0 aromatic carbocycles. The summed E-state index contributed by atoms with van der Waals surface area (Å²) < 4.78 is 0. The molecule has 2 unspecified atom stereocenters. The van der Waals surface area contributed by atoms with E-state index in [1.165, 1.54) is 56.2 Å². The smallest absolute Gasteiger partial charge is 0.226 e. The topological polar surface area (TPSA) is 49.0 Å². The van der Waals surface area contributed by atoms with Gasteiger partial charge in [0.15, 0.2) is 0 Å². The Morgan fingerprint density at radius 2 is 1.85 bits per heavy atom. The monoisotopic (exact) mass is 367 g/mol. The van der Waals surface area contributed by atoms with Crippen LogP contribution in [0.2, 0.25) is 0 Å². The molecule has 1 N–H and O–H groups in total. The molecule has 0 spiro atoms. The highest BCUT2D eigenvalue weighted by Crippen LogP contribution is 2.39. The standard InChI is InChI=1S/C23H33N3O/c27-23(18-8-6-17(7-9-18)16-4-2-1-3-5-16)26(20-10-11-20)21-12-13-22-19(14-21)15-24-25-22/h6,15-16,18,20-21H,1-5,7-14H2,(H,24,25). The number of amides is 1. The number of carbonyl (C=O) groups is 1. The largest absolute Gasteiger partial charge is 0.336 e. The Kier molecular flexibility index (Phi) is 4.83. The van der Waals surface area contributed by atoms with Gasteiger partial charge in [-0.25, -0.2) is 0 Å². The molecule has 2 fully saturated rings. The van der Waals surface area contributed by atoms with Gasteiger partial charge in [-0.3, -0.25) is 9.89 Å². The third-order valence-corrected chi connectivity index (χ3v) is 7.50. The third kappa shape index (κ3) is 3.60. The zero-order valence-corrected chi connectivity index (χ0v) is 16.5. The van der Waals surface area contributed by atoms with Crippen molar-refractivity contribution in [3.8, 4) is 0 Å². The number of aromatic nitrogens is 2. The SMILES string of the molecule is O=C(C1CC=C(C2CCCCC2)CC1)N(C1CC1)C1CCc2[nH]ncc2C1. The van der Waals surface area contributed by atoms with Crippen molar-refractivity contribution in [1.82, 2.24) is 15.1 Å². The number of nitrogens with one attached hydrogen (secondary N) is 1. The van der Waals surface area contributed by atoms with Gasteiger partial charge in [-0.2, -0.15) is 5.10 Å². The van der Waals surface area contributed by atoms with Crippen LogP contribution in [0.15, 0.2) is 17.8 Å². The average Bonchev–Trinajstić information content (AvgIpc) is 3.44. The van der Waals surface area contributed by atoms with Gasteiger partial charge in [0.05, 0.1) is 6.20 Å². The second-order valence-electron chi connectivity index (χ2n) is 9.33. The Morgan fingerprint density at radius 3 is 2.59 bits per heavy atom. The minimum atomic E-state index is 0.226. The molecule has 146 valence electrons. The molecule has 1 heterocycles. The van der Waals surface area contributed by atoms with E-state index in [4.69, 9.17) is 0 Å². The molecular weight excluding hydrogens is 334 g/mol. The van der Waals surface area contributed by atoms with Crippen LogP contribution >= 0.6 is 0 Å². The molecule has 2 saturated carbocycles. The van der Waals surface area contributed by atoms with Crippen molar-refractivity contribution in [3.05, 3.63) is 29.1 Å². The lowest BCUT2D eigenvalue weighted by atomic mass is 9.77. The molecule has 5 rings (SSSR count). The Morgan fingerprint density at radius 1 is 1.00 bits per heavy atom. The van der Waals surface area contributed by atoms with Gasteiger partial charge >= 0.3 is 0 Å². The number of hydrogen-bond acceptors (Lipinski definition) is 2. The van der Waals surface area contributed by atoms with Crippen molar-refractivity contribution in [2.75, 3.05) is 0 Å². The summed E-state index contributed by atoms with van der Waals surface area (Å²) in [5, 5.41) is 7.34. The highest BCUT2D eigenvalue weighted by molar-refractivity contribution is 5.80. The summed E-state index contributed by atoms with van der Waals surface area (Å²) in [7, 11) is 0. The molecular formula is C23H33N3O. The molecule has 4 nitrogen and oxygen atoms in total. The van der Waals surface area contributed by atoms with Gasteiger partial charge in [0, 0.05) is 23.7 Å². The van der Waals surface area contributed by atoms with Crippen LogP contribution in [0.3, 0.4) is 0 Å². The van der Waals surface area contributed by atoms with E-state index < -0.39 is 0 Å². The van der Waals surface area contributed by atoms with Crippen LogP contribution in [-0.2, 0) is 17.6 Å². The highest BCUT2D eigenvalue weighted by atomic mass is 16.2. The van der Waals surface area contributed by atoms with Crippen LogP contribution in [0.25, 0.3) is 0 Å². The molecule has 1 aromatic heterocycles. The van der Waals surface area contributed by atoms with Crippen LogP contribution in [0.4, 0.5) is 0 Å². The molecule has 1 amide bonds. The van der Waals surface area contributed by atoms with E-state index in [0.29, 0.717) is 18.0 Å². The predicted molar refractivity (Wildman–Crippen MR) is 106 cm³/mol. The Bertz CT molecular complexity index is 711. The molecule has 1 aromatic rings. The van der Waals surface area contributed by atoms with Gasteiger partial charge in [-0.05, 0) is 75.7 Å². The zero-order valence-electron chi connectivity index (χ0n) is 16.5. The summed E-state index contributed by atoms with van der Waals surface area (Å²) in [6.45, 7) is 0. The fraction of sp³-hybridized carbons (Fsp3) is 0.739. The first kappa shape index (κ1) is 17.5. The van der Waals surface area contributed by atoms with Crippen molar-refractivity contribution in [2.45, 2.75) is 95.6 Å². The summed E-state index contributed by atoms with van der Waals surface area (Å²) in [6, 6.07) is 0.901. The van der Waals surface area contributed by atoms with E-state index in [-0.39, 0.29) is 5.92 Å². The summed E-state index contributed by atoms with van der Waals surface area (Å²) in [5.41, 5.74) is 4.29. The minimum absolute atomic E-state index is 0.226. The molecule has 4 aliphatic rings. The second-order valence-corrected chi connectivity index (χ2v) is 9.33. The van der Waals surface area contributed by atoms with Crippen molar-refractivity contribution in [1.29, 1.82) is 0 Å². The molecule has 0 bridgehead atoms.